The van der Waals surface area contributed by atoms with Crippen molar-refractivity contribution in [3.8, 4) is 0 Å². The van der Waals surface area contributed by atoms with E-state index in [1.807, 2.05) is 0 Å². The number of esters is 1. The lowest BCUT2D eigenvalue weighted by molar-refractivity contribution is -0.145. The molecule has 0 aromatic carbocycles. The SMILES string of the molecule is CCNC(=NCCc1csc(C(C)C)n1)N1CC(C)C(C(=O)OC)C1.I. The van der Waals surface area contributed by atoms with Gasteiger partial charge >= 0.3 is 5.97 Å². The van der Waals surface area contributed by atoms with Crippen LogP contribution in [0.2, 0.25) is 0 Å². The van der Waals surface area contributed by atoms with Crippen LogP contribution < -0.4 is 5.32 Å². The van der Waals surface area contributed by atoms with Gasteiger partial charge in [-0.3, -0.25) is 9.79 Å². The second kappa shape index (κ2) is 11.1. The first-order valence-corrected chi connectivity index (χ1v) is 9.89. The molecule has 2 atom stereocenters. The molecule has 0 spiro atoms. The average Bonchev–Trinajstić information content (AvgIpc) is 3.20. The van der Waals surface area contributed by atoms with E-state index in [2.05, 4.69) is 48.3 Å². The molecule has 1 N–H and O–H groups in total. The molecule has 1 saturated heterocycles. The first-order valence-electron chi connectivity index (χ1n) is 9.01. The second-order valence-corrected chi connectivity index (χ2v) is 7.72. The summed E-state index contributed by atoms with van der Waals surface area (Å²) in [6, 6.07) is 0. The number of guanidine groups is 1. The zero-order valence-corrected chi connectivity index (χ0v) is 19.5. The van der Waals surface area contributed by atoms with Crippen molar-refractivity contribution in [2.24, 2.45) is 16.8 Å². The van der Waals surface area contributed by atoms with E-state index in [1.165, 1.54) is 12.1 Å². The molecule has 0 bridgehead atoms. The van der Waals surface area contributed by atoms with Gasteiger partial charge in [0.25, 0.3) is 0 Å². The lowest BCUT2D eigenvalue weighted by atomic mass is 9.99. The van der Waals surface area contributed by atoms with Gasteiger partial charge in [-0.25, -0.2) is 4.98 Å². The van der Waals surface area contributed by atoms with E-state index in [-0.39, 0.29) is 41.8 Å². The lowest BCUT2D eigenvalue weighted by Crippen LogP contribution is -2.40. The standard InChI is InChI=1S/C18H30N4O2S.HI/c1-6-19-18(22-9-13(4)15(10-22)17(23)24-5)20-8-7-14-11-25-16(21-14)12(2)3;/h11-13,15H,6-10H2,1-5H3,(H,19,20);1H. The van der Waals surface area contributed by atoms with Gasteiger partial charge in [-0.2, -0.15) is 0 Å². The van der Waals surface area contributed by atoms with Gasteiger partial charge in [0.05, 0.1) is 23.7 Å². The smallest absolute Gasteiger partial charge is 0.310 e. The lowest BCUT2D eigenvalue weighted by Gasteiger charge is -2.21. The topological polar surface area (TPSA) is 66.8 Å². The van der Waals surface area contributed by atoms with Gasteiger partial charge in [-0.05, 0) is 12.8 Å². The molecule has 2 heterocycles. The first kappa shape index (κ1) is 23.1. The van der Waals surface area contributed by atoms with Crippen molar-refractivity contribution in [1.82, 2.24) is 15.2 Å². The summed E-state index contributed by atoms with van der Waals surface area (Å²) in [6.07, 6.45) is 0.835. The van der Waals surface area contributed by atoms with Gasteiger partial charge in [-0.1, -0.05) is 20.8 Å². The molecule has 2 unspecified atom stereocenters. The molecule has 1 aromatic rings. The number of nitrogens with zero attached hydrogens (tertiary/aromatic N) is 3. The Bertz CT molecular complexity index is 606. The highest BCUT2D eigenvalue weighted by Crippen LogP contribution is 2.24. The summed E-state index contributed by atoms with van der Waals surface area (Å²) in [7, 11) is 1.45. The van der Waals surface area contributed by atoms with Gasteiger partial charge in [0.15, 0.2) is 5.96 Å². The van der Waals surface area contributed by atoms with Gasteiger partial charge in [-0.15, -0.1) is 35.3 Å². The van der Waals surface area contributed by atoms with Crippen molar-refractivity contribution in [2.45, 2.75) is 40.0 Å². The van der Waals surface area contributed by atoms with Crippen LogP contribution in [0.5, 0.6) is 0 Å². The predicted molar refractivity (Wildman–Crippen MR) is 118 cm³/mol. The van der Waals surface area contributed by atoms with Crippen LogP contribution in [-0.4, -0.2) is 55.1 Å². The highest BCUT2D eigenvalue weighted by Gasteiger charge is 2.36. The van der Waals surface area contributed by atoms with E-state index in [4.69, 9.17) is 9.73 Å². The van der Waals surface area contributed by atoms with Gasteiger partial charge < -0.3 is 15.0 Å². The maximum atomic E-state index is 11.9. The number of thiazole rings is 1. The Morgan fingerprint density at radius 1 is 1.50 bits per heavy atom. The Kier molecular flexibility index (Phi) is 9.84. The van der Waals surface area contributed by atoms with Gasteiger partial charge in [0, 0.05) is 43.9 Å². The molecule has 1 aliphatic heterocycles. The molecule has 8 heteroatoms. The van der Waals surface area contributed by atoms with Crippen LogP contribution in [0.3, 0.4) is 0 Å². The van der Waals surface area contributed by atoms with Crippen LogP contribution in [-0.2, 0) is 16.0 Å². The van der Waals surface area contributed by atoms with Gasteiger partial charge in [0.2, 0.25) is 0 Å². The number of halogens is 1. The molecule has 0 saturated carbocycles. The number of aliphatic imine (C=N–C) groups is 1. The number of nitrogens with one attached hydrogen (secondary N) is 1. The number of rotatable bonds is 6. The highest BCUT2D eigenvalue weighted by molar-refractivity contribution is 14.0. The van der Waals surface area contributed by atoms with Crippen LogP contribution in [0.1, 0.15) is 44.3 Å². The van der Waals surface area contributed by atoms with E-state index in [0.717, 1.165) is 31.2 Å². The molecular weight excluding hydrogens is 463 g/mol. The molecule has 0 aliphatic carbocycles. The summed E-state index contributed by atoms with van der Waals surface area (Å²) in [4.78, 5) is 23.5. The fraction of sp³-hybridized carbons (Fsp3) is 0.722. The van der Waals surface area contributed by atoms with Crippen LogP contribution >= 0.6 is 35.3 Å². The fourth-order valence-electron chi connectivity index (χ4n) is 3.00. The largest absolute Gasteiger partial charge is 0.469 e. The summed E-state index contributed by atoms with van der Waals surface area (Å²) < 4.78 is 4.92. The third-order valence-corrected chi connectivity index (χ3v) is 5.64. The van der Waals surface area contributed by atoms with E-state index >= 15 is 0 Å². The third kappa shape index (κ3) is 6.07. The van der Waals surface area contributed by atoms with Crippen molar-refractivity contribution < 1.29 is 9.53 Å². The monoisotopic (exact) mass is 494 g/mol. The summed E-state index contributed by atoms with van der Waals surface area (Å²) in [5.41, 5.74) is 1.11. The number of carbonyl (C=O) groups excluding carboxylic acids is 1. The van der Waals surface area contributed by atoms with E-state index in [0.29, 0.717) is 19.0 Å². The zero-order chi connectivity index (χ0) is 18.4. The normalized spacial score (nSPS) is 20.2. The maximum absolute atomic E-state index is 11.9. The summed E-state index contributed by atoms with van der Waals surface area (Å²) in [5.74, 6) is 1.40. The molecule has 1 fully saturated rings. The summed E-state index contributed by atoms with van der Waals surface area (Å²) >= 11 is 1.72. The second-order valence-electron chi connectivity index (χ2n) is 6.83. The van der Waals surface area contributed by atoms with E-state index < -0.39 is 0 Å². The van der Waals surface area contributed by atoms with Crippen molar-refractivity contribution in [3.63, 3.8) is 0 Å². The zero-order valence-electron chi connectivity index (χ0n) is 16.3. The van der Waals surface area contributed by atoms with E-state index in [9.17, 15) is 4.79 Å². The molecular formula is C18H31IN4O2S. The minimum Gasteiger partial charge on any atom is -0.469 e. The summed E-state index contributed by atoms with van der Waals surface area (Å²) in [6.45, 7) is 11.5. The molecule has 0 amide bonds. The van der Waals surface area contributed by atoms with Crippen LogP contribution in [0.15, 0.2) is 10.4 Å². The van der Waals surface area contributed by atoms with Crippen molar-refractivity contribution in [2.75, 3.05) is 33.3 Å². The number of hydrogen-bond donors (Lipinski definition) is 1. The number of ether oxygens (including phenoxy) is 1. The molecule has 26 heavy (non-hydrogen) atoms. The highest BCUT2D eigenvalue weighted by atomic mass is 127. The number of methoxy groups -OCH3 is 1. The third-order valence-electron chi connectivity index (χ3n) is 4.44. The average molecular weight is 494 g/mol. The van der Waals surface area contributed by atoms with Gasteiger partial charge in [0.1, 0.15) is 0 Å². The predicted octanol–water partition coefficient (Wildman–Crippen LogP) is 3.13. The number of likely N-dealkylation sites (tertiary alicyclic amines) is 1. The van der Waals surface area contributed by atoms with Crippen LogP contribution in [0.25, 0.3) is 0 Å². The van der Waals surface area contributed by atoms with Crippen LogP contribution in [0.4, 0.5) is 0 Å². The Labute approximate surface area is 177 Å². The number of hydrogen-bond acceptors (Lipinski definition) is 5. The molecule has 148 valence electrons. The van der Waals surface area contributed by atoms with Crippen LogP contribution in [0, 0.1) is 11.8 Å². The summed E-state index contributed by atoms with van der Waals surface area (Å²) in [5, 5.41) is 6.65. The minimum absolute atomic E-state index is 0. The Balaban J connectivity index is 0.00000338. The molecule has 0 radical (unpaired) electrons. The molecule has 1 aliphatic rings. The molecule has 1 aromatic heterocycles. The number of carbonyl (C=O) groups is 1. The Morgan fingerprint density at radius 3 is 2.81 bits per heavy atom. The quantitative estimate of drug-likeness (QED) is 0.285. The molecule has 6 nitrogen and oxygen atoms in total. The number of aromatic nitrogens is 1. The Hall–Kier alpha value is -0.900. The Morgan fingerprint density at radius 2 is 2.23 bits per heavy atom. The van der Waals surface area contributed by atoms with Crippen molar-refractivity contribution in [1.29, 1.82) is 0 Å². The van der Waals surface area contributed by atoms with Crippen molar-refractivity contribution in [3.05, 3.63) is 16.1 Å². The first-order chi connectivity index (χ1) is 12.0. The fourth-order valence-corrected chi connectivity index (χ4v) is 3.87. The van der Waals surface area contributed by atoms with E-state index in [1.54, 1.807) is 11.3 Å². The molecule has 2 rings (SSSR count). The van der Waals surface area contributed by atoms with Crippen molar-refractivity contribution >= 4 is 47.2 Å². The maximum Gasteiger partial charge on any atom is 0.310 e. The minimum atomic E-state index is -0.130.